The molecule has 7 nitrogen and oxygen atoms in total. The second-order valence-electron chi connectivity index (χ2n) is 6.62. The van der Waals surface area contributed by atoms with Gasteiger partial charge in [0.15, 0.2) is 0 Å². The molecule has 0 aromatic heterocycles. The Bertz CT molecular complexity index is 662. The fourth-order valence-corrected chi connectivity index (χ4v) is 4.40. The maximum Gasteiger partial charge on any atom is 0.269 e. The summed E-state index contributed by atoms with van der Waals surface area (Å²) in [4.78, 5) is 10.2. The van der Waals surface area contributed by atoms with Gasteiger partial charge in [-0.05, 0) is 42.9 Å². The maximum atomic E-state index is 12.6. The molecule has 1 saturated heterocycles. The molecule has 0 spiro atoms. The summed E-state index contributed by atoms with van der Waals surface area (Å²) in [6.07, 6.45) is 1.55. The summed E-state index contributed by atoms with van der Waals surface area (Å²) in [6.45, 7) is 5.70. The molecule has 0 aliphatic carbocycles. The monoisotopic (exact) mass is 341 g/mol. The molecule has 0 atom stereocenters. The van der Waals surface area contributed by atoms with Gasteiger partial charge in [0, 0.05) is 25.2 Å². The minimum absolute atomic E-state index is 0.00319. The van der Waals surface area contributed by atoms with Crippen molar-refractivity contribution in [1.29, 1.82) is 0 Å². The summed E-state index contributed by atoms with van der Waals surface area (Å²) >= 11 is 0. The van der Waals surface area contributed by atoms with Crippen molar-refractivity contribution >= 4 is 15.7 Å². The molecule has 2 rings (SSSR count). The zero-order chi connectivity index (χ0) is 17.3. The molecule has 1 aliphatic heterocycles. The average molecular weight is 341 g/mol. The van der Waals surface area contributed by atoms with Gasteiger partial charge in [0.05, 0.1) is 9.82 Å². The normalized spacial score (nSPS) is 18.0. The smallest absolute Gasteiger partial charge is 0.269 e. The third-order valence-electron chi connectivity index (χ3n) is 4.77. The van der Waals surface area contributed by atoms with E-state index in [1.165, 1.54) is 28.6 Å². The van der Waals surface area contributed by atoms with Crippen LogP contribution in [0.4, 0.5) is 5.69 Å². The molecule has 8 heteroatoms. The van der Waals surface area contributed by atoms with Crippen molar-refractivity contribution in [3.05, 3.63) is 34.4 Å². The Balaban J connectivity index is 2.11. The Hall–Kier alpha value is -1.51. The third kappa shape index (κ3) is 3.70. The van der Waals surface area contributed by atoms with Crippen molar-refractivity contribution in [1.82, 2.24) is 4.31 Å². The topological polar surface area (TPSA) is 107 Å². The maximum absolute atomic E-state index is 12.6. The summed E-state index contributed by atoms with van der Waals surface area (Å²) in [6, 6.07) is 5.03. The van der Waals surface area contributed by atoms with Crippen LogP contribution in [0.15, 0.2) is 29.2 Å². The number of nitrogens with two attached hydrogens (primary N) is 1. The molecule has 1 fully saturated rings. The van der Waals surface area contributed by atoms with Crippen molar-refractivity contribution < 1.29 is 13.3 Å². The highest BCUT2D eigenvalue weighted by molar-refractivity contribution is 7.89. The number of nitrogens with zero attached hydrogens (tertiary/aromatic N) is 2. The fourth-order valence-electron chi connectivity index (χ4n) is 2.93. The van der Waals surface area contributed by atoms with E-state index in [-0.39, 0.29) is 16.0 Å². The summed E-state index contributed by atoms with van der Waals surface area (Å²) in [5.41, 5.74) is 5.69. The molecule has 23 heavy (non-hydrogen) atoms. The van der Waals surface area contributed by atoms with Crippen LogP contribution in [0.3, 0.4) is 0 Å². The molecule has 1 aromatic carbocycles. The van der Waals surface area contributed by atoms with Crippen LogP contribution < -0.4 is 5.73 Å². The SMILES string of the molecule is CC(C)(CN)C1CCN(S(=O)(=O)c2ccc([N+](=O)[O-])cc2)CC1. The van der Waals surface area contributed by atoms with Crippen LogP contribution in [0.1, 0.15) is 26.7 Å². The van der Waals surface area contributed by atoms with E-state index in [9.17, 15) is 18.5 Å². The van der Waals surface area contributed by atoms with E-state index in [1.807, 2.05) is 0 Å². The Morgan fingerprint density at radius 2 is 1.78 bits per heavy atom. The van der Waals surface area contributed by atoms with E-state index in [2.05, 4.69) is 13.8 Å². The third-order valence-corrected chi connectivity index (χ3v) is 6.68. The van der Waals surface area contributed by atoms with Gasteiger partial charge >= 0.3 is 0 Å². The van der Waals surface area contributed by atoms with E-state index < -0.39 is 14.9 Å². The molecule has 2 N–H and O–H groups in total. The van der Waals surface area contributed by atoms with Crippen molar-refractivity contribution in [3.8, 4) is 0 Å². The van der Waals surface area contributed by atoms with Crippen LogP contribution in [0.25, 0.3) is 0 Å². The number of non-ortho nitro benzene ring substituents is 1. The number of rotatable bonds is 5. The number of sulfonamides is 1. The molecular formula is C15H23N3O4S. The van der Waals surface area contributed by atoms with E-state index in [4.69, 9.17) is 5.73 Å². The van der Waals surface area contributed by atoms with Gasteiger partial charge in [-0.1, -0.05) is 13.8 Å². The van der Waals surface area contributed by atoms with Gasteiger partial charge in [-0.15, -0.1) is 0 Å². The first kappa shape index (κ1) is 17.8. The molecule has 128 valence electrons. The Morgan fingerprint density at radius 1 is 1.26 bits per heavy atom. The molecule has 0 unspecified atom stereocenters. The molecule has 1 aliphatic rings. The molecule has 0 saturated carbocycles. The number of benzene rings is 1. The van der Waals surface area contributed by atoms with Gasteiger partial charge in [-0.2, -0.15) is 4.31 Å². The van der Waals surface area contributed by atoms with Crippen molar-refractivity contribution in [3.63, 3.8) is 0 Å². The van der Waals surface area contributed by atoms with E-state index >= 15 is 0 Å². The van der Waals surface area contributed by atoms with Gasteiger partial charge in [-0.25, -0.2) is 8.42 Å². The zero-order valence-electron chi connectivity index (χ0n) is 13.4. The number of nitro groups is 1. The highest BCUT2D eigenvalue weighted by Crippen LogP contribution is 2.35. The highest BCUT2D eigenvalue weighted by Gasteiger charge is 2.35. The molecular weight excluding hydrogens is 318 g/mol. The molecule has 0 amide bonds. The lowest BCUT2D eigenvalue weighted by molar-refractivity contribution is -0.384. The van der Waals surface area contributed by atoms with Crippen LogP contribution in [0.5, 0.6) is 0 Å². The fraction of sp³-hybridized carbons (Fsp3) is 0.600. The lowest BCUT2D eigenvalue weighted by Gasteiger charge is -2.39. The number of piperidine rings is 1. The summed E-state index contributed by atoms with van der Waals surface area (Å²) in [7, 11) is -3.60. The van der Waals surface area contributed by atoms with Crippen molar-refractivity contribution in [2.45, 2.75) is 31.6 Å². The van der Waals surface area contributed by atoms with Crippen molar-refractivity contribution in [2.24, 2.45) is 17.1 Å². The summed E-state index contributed by atoms with van der Waals surface area (Å²) < 4.78 is 26.7. The van der Waals surface area contributed by atoms with Crippen LogP contribution in [-0.4, -0.2) is 37.3 Å². The van der Waals surface area contributed by atoms with Gasteiger partial charge in [-0.3, -0.25) is 10.1 Å². The first-order valence-electron chi connectivity index (χ1n) is 7.63. The second-order valence-corrected chi connectivity index (χ2v) is 8.56. The number of hydrogen-bond acceptors (Lipinski definition) is 5. The second kappa shape index (κ2) is 6.54. The number of hydrogen-bond donors (Lipinski definition) is 1. The first-order valence-corrected chi connectivity index (χ1v) is 9.07. The predicted molar refractivity (Wildman–Crippen MR) is 87.4 cm³/mol. The molecule has 1 aromatic rings. The molecule has 1 heterocycles. The largest absolute Gasteiger partial charge is 0.330 e. The Labute approximate surface area is 136 Å². The van der Waals surface area contributed by atoms with Crippen LogP contribution in [0.2, 0.25) is 0 Å². The standard InChI is InChI=1S/C15H23N3O4S/c1-15(2,11-16)12-7-9-17(10-8-12)23(21,22)14-5-3-13(4-6-14)18(19)20/h3-6,12H,7-11,16H2,1-2H3. The Kier molecular flexibility index (Phi) is 5.07. The quantitative estimate of drug-likeness (QED) is 0.651. The first-order chi connectivity index (χ1) is 10.7. The van der Waals surface area contributed by atoms with E-state index in [0.717, 1.165) is 12.8 Å². The molecule has 0 radical (unpaired) electrons. The van der Waals surface area contributed by atoms with Gasteiger partial charge in [0.1, 0.15) is 0 Å². The van der Waals surface area contributed by atoms with Crippen LogP contribution in [0, 0.1) is 21.4 Å². The minimum Gasteiger partial charge on any atom is -0.330 e. The van der Waals surface area contributed by atoms with E-state index in [1.54, 1.807) is 0 Å². The molecule has 0 bridgehead atoms. The van der Waals surface area contributed by atoms with E-state index in [0.29, 0.717) is 25.6 Å². The number of nitro benzene ring substituents is 1. The lowest BCUT2D eigenvalue weighted by atomic mass is 9.74. The van der Waals surface area contributed by atoms with Gasteiger partial charge in [0.25, 0.3) is 5.69 Å². The predicted octanol–water partition coefficient (Wildman–Crippen LogP) is 1.98. The average Bonchev–Trinajstić information content (AvgIpc) is 2.55. The highest BCUT2D eigenvalue weighted by atomic mass is 32.2. The van der Waals surface area contributed by atoms with Gasteiger partial charge < -0.3 is 5.73 Å². The van der Waals surface area contributed by atoms with Crippen LogP contribution in [-0.2, 0) is 10.0 Å². The minimum atomic E-state index is -3.60. The lowest BCUT2D eigenvalue weighted by Crippen LogP contribution is -2.43. The van der Waals surface area contributed by atoms with Crippen molar-refractivity contribution in [2.75, 3.05) is 19.6 Å². The van der Waals surface area contributed by atoms with Gasteiger partial charge in [0.2, 0.25) is 10.0 Å². The zero-order valence-corrected chi connectivity index (χ0v) is 14.3. The van der Waals surface area contributed by atoms with Crippen LogP contribution >= 0.6 is 0 Å². The summed E-state index contributed by atoms with van der Waals surface area (Å²) in [5.74, 6) is 0.399. The summed E-state index contributed by atoms with van der Waals surface area (Å²) in [5, 5.41) is 10.7. The Morgan fingerprint density at radius 3 is 2.22 bits per heavy atom.